The van der Waals surface area contributed by atoms with E-state index in [1.54, 1.807) is 48.5 Å². The van der Waals surface area contributed by atoms with E-state index in [4.69, 9.17) is 4.74 Å². The van der Waals surface area contributed by atoms with Gasteiger partial charge >= 0.3 is 0 Å². The summed E-state index contributed by atoms with van der Waals surface area (Å²) >= 11 is 0. The van der Waals surface area contributed by atoms with Crippen LogP contribution in [0.1, 0.15) is 31.8 Å². The summed E-state index contributed by atoms with van der Waals surface area (Å²) in [6.45, 7) is 1.79. The predicted octanol–water partition coefficient (Wildman–Crippen LogP) is 3.64. The Labute approximate surface area is 179 Å². The quantitative estimate of drug-likeness (QED) is 0.494. The first-order valence-corrected chi connectivity index (χ1v) is 9.63. The van der Waals surface area contributed by atoms with Crippen LogP contribution in [0.3, 0.4) is 0 Å². The molecular weight excluding hydrogens is 394 g/mol. The Hall–Kier alpha value is -4.26. The second kappa shape index (κ2) is 8.62. The Kier molecular flexibility index (Phi) is 5.57. The van der Waals surface area contributed by atoms with Crippen molar-refractivity contribution < 1.29 is 19.1 Å². The first-order valence-electron chi connectivity index (χ1n) is 9.63. The lowest BCUT2D eigenvalue weighted by molar-refractivity contribution is -0.118. The molecule has 0 spiro atoms. The molecule has 0 saturated carbocycles. The molecule has 0 unspecified atom stereocenters. The van der Waals surface area contributed by atoms with E-state index in [-0.39, 0.29) is 12.5 Å². The van der Waals surface area contributed by atoms with E-state index < -0.39 is 11.8 Å². The fourth-order valence-electron chi connectivity index (χ4n) is 3.10. The van der Waals surface area contributed by atoms with Gasteiger partial charge in [0.25, 0.3) is 17.7 Å². The monoisotopic (exact) mass is 413 g/mol. The summed E-state index contributed by atoms with van der Waals surface area (Å²) in [7, 11) is 0. The van der Waals surface area contributed by atoms with Gasteiger partial charge in [-0.25, -0.2) is 0 Å². The number of aryl methyl sites for hydroxylation is 1. The van der Waals surface area contributed by atoms with Crippen LogP contribution in [0, 0.1) is 6.92 Å². The highest BCUT2D eigenvalue weighted by Crippen LogP contribution is 2.22. The number of hydrogen-bond donors (Lipinski definition) is 1. The van der Waals surface area contributed by atoms with Crippen LogP contribution < -0.4 is 10.1 Å². The number of imide groups is 1. The number of nitrogens with one attached hydrogen (secondary N) is 1. The van der Waals surface area contributed by atoms with Crippen LogP contribution in [-0.2, 0) is 4.79 Å². The first-order chi connectivity index (χ1) is 15.0. The lowest BCUT2D eigenvalue weighted by Gasteiger charge is -2.09. The van der Waals surface area contributed by atoms with Crippen molar-refractivity contribution in [1.29, 1.82) is 0 Å². The molecule has 0 bridgehead atoms. The van der Waals surface area contributed by atoms with E-state index in [0.29, 0.717) is 22.4 Å². The summed E-state index contributed by atoms with van der Waals surface area (Å²) in [5.41, 5.74) is 3.08. The standard InChI is InChI=1S/C24H19N3O4/c1-16-6-2-5-9-21(16)26-22(28)15-31-18-12-10-17(11-13-18)14-25-27-23(29)19-7-3-4-8-20(19)24(27)30/h2-14H,15H2,1H3,(H,26,28)/b25-14-. The number of benzene rings is 3. The van der Waals surface area contributed by atoms with Gasteiger partial charge in [-0.05, 0) is 60.5 Å². The summed E-state index contributed by atoms with van der Waals surface area (Å²) in [6, 6.07) is 20.9. The average Bonchev–Trinajstić information content (AvgIpc) is 3.03. The lowest BCUT2D eigenvalue weighted by Crippen LogP contribution is -2.24. The van der Waals surface area contributed by atoms with Crippen LogP contribution in [0.15, 0.2) is 77.9 Å². The fourth-order valence-corrected chi connectivity index (χ4v) is 3.10. The molecule has 3 aromatic rings. The van der Waals surface area contributed by atoms with Crippen molar-refractivity contribution in [3.63, 3.8) is 0 Å². The fraction of sp³-hybridized carbons (Fsp3) is 0.0833. The molecule has 0 aromatic heterocycles. The summed E-state index contributed by atoms with van der Waals surface area (Å²) in [4.78, 5) is 36.7. The Bertz CT molecular complexity index is 1150. The number of rotatable bonds is 6. The zero-order chi connectivity index (χ0) is 21.8. The van der Waals surface area contributed by atoms with Crippen molar-refractivity contribution in [2.75, 3.05) is 11.9 Å². The number of hydrogen-bond acceptors (Lipinski definition) is 5. The van der Waals surface area contributed by atoms with Crippen LogP contribution in [0.5, 0.6) is 5.75 Å². The zero-order valence-electron chi connectivity index (χ0n) is 16.7. The van der Waals surface area contributed by atoms with Crippen LogP contribution in [-0.4, -0.2) is 35.6 Å². The summed E-state index contributed by atoms with van der Waals surface area (Å²) < 4.78 is 5.51. The molecule has 0 aliphatic carbocycles. The number of ether oxygens (including phenoxy) is 1. The Balaban J connectivity index is 1.34. The van der Waals surface area contributed by atoms with Gasteiger partial charge in [0.05, 0.1) is 17.3 Å². The Morgan fingerprint density at radius 2 is 1.55 bits per heavy atom. The number of nitrogens with zero attached hydrogens (tertiary/aromatic N) is 2. The Morgan fingerprint density at radius 3 is 2.19 bits per heavy atom. The second-order valence-electron chi connectivity index (χ2n) is 6.93. The molecule has 7 heteroatoms. The molecule has 7 nitrogen and oxygen atoms in total. The highest BCUT2D eigenvalue weighted by molar-refractivity contribution is 6.21. The molecule has 0 fully saturated rings. The van der Waals surface area contributed by atoms with E-state index >= 15 is 0 Å². The summed E-state index contributed by atoms with van der Waals surface area (Å²) in [5, 5.41) is 7.69. The van der Waals surface area contributed by atoms with Crippen molar-refractivity contribution in [2.24, 2.45) is 5.10 Å². The van der Waals surface area contributed by atoms with Gasteiger partial charge in [-0.3, -0.25) is 14.4 Å². The van der Waals surface area contributed by atoms with E-state index in [9.17, 15) is 14.4 Å². The van der Waals surface area contributed by atoms with Crippen molar-refractivity contribution in [3.8, 4) is 5.75 Å². The van der Waals surface area contributed by atoms with Crippen LogP contribution in [0.2, 0.25) is 0 Å². The molecular formula is C24H19N3O4. The maximum Gasteiger partial charge on any atom is 0.282 e. The molecule has 0 saturated heterocycles. The largest absolute Gasteiger partial charge is 0.484 e. The van der Waals surface area contributed by atoms with Gasteiger partial charge in [-0.1, -0.05) is 30.3 Å². The molecule has 31 heavy (non-hydrogen) atoms. The summed E-state index contributed by atoms with van der Waals surface area (Å²) in [6.07, 6.45) is 1.43. The van der Waals surface area contributed by atoms with Crippen molar-refractivity contribution in [2.45, 2.75) is 6.92 Å². The third-order valence-electron chi connectivity index (χ3n) is 4.76. The van der Waals surface area contributed by atoms with E-state index in [2.05, 4.69) is 10.4 Å². The van der Waals surface area contributed by atoms with Crippen LogP contribution >= 0.6 is 0 Å². The maximum atomic E-state index is 12.3. The first kappa shape index (κ1) is 20.0. The number of carbonyl (C=O) groups excluding carboxylic acids is 3. The van der Waals surface area contributed by atoms with Gasteiger partial charge in [0, 0.05) is 5.69 Å². The smallest absolute Gasteiger partial charge is 0.282 e. The minimum absolute atomic E-state index is 0.128. The summed E-state index contributed by atoms with van der Waals surface area (Å²) in [5.74, 6) is -0.642. The van der Waals surface area contributed by atoms with E-state index in [1.807, 2.05) is 31.2 Å². The molecule has 0 radical (unpaired) electrons. The number of anilines is 1. The molecule has 1 N–H and O–H groups in total. The zero-order valence-corrected chi connectivity index (χ0v) is 16.7. The average molecular weight is 413 g/mol. The van der Waals surface area contributed by atoms with E-state index in [1.165, 1.54) is 6.21 Å². The maximum absolute atomic E-state index is 12.3. The highest BCUT2D eigenvalue weighted by Gasteiger charge is 2.35. The predicted molar refractivity (Wildman–Crippen MR) is 116 cm³/mol. The van der Waals surface area contributed by atoms with Crippen molar-refractivity contribution in [3.05, 3.63) is 95.1 Å². The molecule has 4 rings (SSSR count). The SMILES string of the molecule is Cc1ccccc1NC(=O)COc1ccc(/C=N\N2C(=O)c3ccccc3C2=O)cc1. The molecule has 0 atom stereocenters. The third-order valence-corrected chi connectivity index (χ3v) is 4.76. The molecule has 1 aliphatic heterocycles. The normalized spacial score (nSPS) is 12.9. The number of fused-ring (bicyclic) bond motifs is 1. The van der Waals surface area contributed by atoms with Crippen LogP contribution in [0.4, 0.5) is 5.69 Å². The van der Waals surface area contributed by atoms with Gasteiger partial charge in [-0.2, -0.15) is 10.1 Å². The van der Waals surface area contributed by atoms with Crippen LogP contribution in [0.25, 0.3) is 0 Å². The molecule has 3 amide bonds. The molecule has 1 heterocycles. The van der Waals surface area contributed by atoms with Crippen molar-refractivity contribution in [1.82, 2.24) is 5.01 Å². The minimum atomic E-state index is -0.448. The van der Waals surface area contributed by atoms with Gasteiger partial charge < -0.3 is 10.1 Å². The lowest BCUT2D eigenvalue weighted by atomic mass is 10.1. The molecule has 154 valence electrons. The number of amides is 3. The third kappa shape index (κ3) is 4.35. The number of para-hydroxylation sites is 1. The van der Waals surface area contributed by atoms with Gasteiger partial charge in [0.2, 0.25) is 0 Å². The highest BCUT2D eigenvalue weighted by atomic mass is 16.5. The van der Waals surface area contributed by atoms with E-state index in [0.717, 1.165) is 16.3 Å². The number of hydrazone groups is 1. The number of carbonyl (C=O) groups is 3. The van der Waals surface area contributed by atoms with Gasteiger partial charge in [0.1, 0.15) is 5.75 Å². The van der Waals surface area contributed by atoms with Crippen molar-refractivity contribution >= 4 is 29.6 Å². The second-order valence-corrected chi connectivity index (χ2v) is 6.93. The molecule has 3 aromatic carbocycles. The molecule has 1 aliphatic rings. The minimum Gasteiger partial charge on any atom is -0.484 e. The topological polar surface area (TPSA) is 88.1 Å². The van der Waals surface area contributed by atoms with Gasteiger partial charge in [-0.15, -0.1) is 0 Å². The van der Waals surface area contributed by atoms with Gasteiger partial charge in [0.15, 0.2) is 6.61 Å². The Morgan fingerprint density at radius 1 is 0.935 bits per heavy atom.